The van der Waals surface area contributed by atoms with E-state index in [1.165, 1.54) is 23.9 Å². The van der Waals surface area contributed by atoms with E-state index in [0.717, 1.165) is 10.9 Å². The lowest BCUT2D eigenvalue weighted by atomic mass is 10.1. The predicted octanol–water partition coefficient (Wildman–Crippen LogP) is 4.14. The fourth-order valence-electron chi connectivity index (χ4n) is 2.91. The number of sulfonamides is 1. The lowest BCUT2D eigenvalue weighted by Crippen LogP contribution is -2.34. The molecule has 1 atom stereocenters. The van der Waals surface area contributed by atoms with Gasteiger partial charge in [-0.2, -0.15) is 0 Å². The highest BCUT2D eigenvalue weighted by molar-refractivity contribution is 7.89. The average Bonchev–Trinajstić information content (AvgIpc) is 3.05. The molecular weight excluding hydrogens is 404 g/mol. The lowest BCUT2D eigenvalue weighted by molar-refractivity contribution is 0.301. The molecule has 3 rings (SSSR count). The van der Waals surface area contributed by atoms with E-state index in [2.05, 4.69) is 22.2 Å². The second-order valence-electron chi connectivity index (χ2n) is 6.31. The average molecular weight is 425 g/mol. The molecule has 0 bridgehead atoms. The first-order valence-electron chi connectivity index (χ1n) is 8.29. The lowest BCUT2D eigenvalue weighted by Gasteiger charge is -2.24. The third-order valence-corrected chi connectivity index (χ3v) is 7.09. The summed E-state index contributed by atoms with van der Waals surface area (Å²) in [5, 5.41) is 3.50. The van der Waals surface area contributed by atoms with E-state index < -0.39 is 10.0 Å². The summed E-state index contributed by atoms with van der Waals surface area (Å²) in [6, 6.07) is 12.5. The summed E-state index contributed by atoms with van der Waals surface area (Å²) in [5.41, 5.74) is 1.11. The van der Waals surface area contributed by atoms with Crippen molar-refractivity contribution in [2.75, 3.05) is 27.7 Å². The largest absolute Gasteiger partial charge is 0.495 e. The summed E-state index contributed by atoms with van der Waals surface area (Å²) in [6.45, 7) is 0.250. The van der Waals surface area contributed by atoms with Crippen LogP contribution in [0.25, 0.3) is 10.1 Å². The zero-order chi connectivity index (χ0) is 19.6. The smallest absolute Gasteiger partial charge is 0.240 e. The zero-order valence-corrected chi connectivity index (χ0v) is 17.7. The molecule has 144 valence electrons. The minimum Gasteiger partial charge on any atom is -0.495 e. The zero-order valence-electron chi connectivity index (χ0n) is 15.3. The summed E-state index contributed by atoms with van der Waals surface area (Å²) in [5.74, 6) is 0.437. The van der Waals surface area contributed by atoms with Gasteiger partial charge in [0.1, 0.15) is 5.75 Å². The molecule has 1 aromatic heterocycles. The highest BCUT2D eigenvalue weighted by Crippen LogP contribution is 2.32. The minimum atomic E-state index is -3.69. The van der Waals surface area contributed by atoms with Crippen molar-refractivity contribution in [3.8, 4) is 5.75 Å². The molecule has 0 aliphatic rings. The van der Waals surface area contributed by atoms with Crippen molar-refractivity contribution in [3.05, 3.63) is 58.4 Å². The molecule has 27 heavy (non-hydrogen) atoms. The summed E-state index contributed by atoms with van der Waals surface area (Å²) in [4.78, 5) is 2.12. The Morgan fingerprint density at radius 2 is 1.96 bits per heavy atom. The predicted molar refractivity (Wildman–Crippen MR) is 111 cm³/mol. The van der Waals surface area contributed by atoms with Gasteiger partial charge in [-0.25, -0.2) is 13.1 Å². The number of fused-ring (bicyclic) bond motifs is 1. The summed E-state index contributed by atoms with van der Waals surface area (Å²) < 4.78 is 34.4. The van der Waals surface area contributed by atoms with Crippen LogP contribution in [0.3, 0.4) is 0 Å². The van der Waals surface area contributed by atoms with Crippen molar-refractivity contribution >= 4 is 43.0 Å². The van der Waals surface area contributed by atoms with Gasteiger partial charge in [-0.05, 0) is 54.7 Å². The number of nitrogens with one attached hydrogen (secondary N) is 1. The molecule has 2 aromatic carbocycles. The standard InChI is InChI=1S/C19H21ClN2O3S2/c1-22(2)17(15-12-26-19-7-5-4-6-14(15)19)11-21-27(23,24)13-8-9-18(25-3)16(20)10-13/h4-10,12,17,21H,11H2,1-3H3/t17-/m0/s1. The highest BCUT2D eigenvalue weighted by Gasteiger charge is 2.22. The van der Waals surface area contributed by atoms with Crippen molar-refractivity contribution in [1.82, 2.24) is 9.62 Å². The molecular formula is C19H21ClN2O3S2. The Labute approximate surface area is 168 Å². The van der Waals surface area contributed by atoms with Crippen molar-refractivity contribution in [3.63, 3.8) is 0 Å². The van der Waals surface area contributed by atoms with Gasteiger partial charge in [0, 0.05) is 17.3 Å². The molecule has 5 nitrogen and oxygen atoms in total. The van der Waals surface area contributed by atoms with Crippen LogP contribution in [0.4, 0.5) is 0 Å². The third-order valence-electron chi connectivity index (χ3n) is 4.39. The number of benzene rings is 2. The van der Waals surface area contributed by atoms with Gasteiger partial charge in [0.25, 0.3) is 0 Å². The van der Waals surface area contributed by atoms with Gasteiger partial charge in [0.05, 0.1) is 17.0 Å². The number of hydrogen-bond acceptors (Lipinski definition) is 5. The van der Waals surface area contributed by atoms with Crippen LogP contribution in [-0.2, 0) is 10.0 Å². The Bertz CT molecular complexity index is 1050. The molecule has 8 heteroatoms. The number of methoxy groups -OCH3 is 1. The molecule has 0 fully saturated rings. The van der Waals surface area contributed by atoms with Crippen LogP contribution in [-0.4, -0.2) is 41.1 Å². The molecule has 3 aromatic rings. The van der Waals surface area contributed by atoms with Crippen molar-refractivity contribution < 1.29 is 13.2 Å². The van der Waals surface area contributed by atoms with Gasteiger partial charge in [-0.3, -0.25) is 0 Å². The number of likely N-dealkylation sites (N-methyl/N-ethyl adjacent to an activating group) is 1. The number of thiophene rings is 1. The monoisotopic (exact) mass is 424 g/mol. The van der Waals surface area contributed by atoms with Crippen molar-refractivity contribution in [2.45, 2.75) is 10.9 Å². The van der Waals surface area contributed by atoms with E-state index in [1.54, 1.807) is 17.4 Å². The van der Waals surface area contributed by atoms with Crippen LogP contribution in [0.5, 0.6) is 5.75 Å². The topological polar surface area (TPSA) is 58.6 Å². The van der Waals surface area contributed by atoms with Crippen molar-refractivity contribution in [2.24, 2.45) is 0 Å². The molecule has 0 unspecified atom stereocenters. The normalized spacial score (nSPS) is 13.2. The van der Waals surface area contributed by atoms with E-state index in [1.807, 2.05) is 31.1 Å². The Balaban J connectivity index is 1.85. The fourth-order valence-corrected chi connectivity index (χ4v) is 5.31. The first kappa shape index (κ1) is 20.1. The molecule has 0 radical (unpaired) electrons. The van der Waals surface area contributed by atoms with Crippen LogP contribution in [0.1, 0.15) is 11.6 Å². The van der Waals surface area contributed by atoms with Crippen LogP contribution in [0.2, 0.25) is 5.02 Å². The summed E-state index contributed by atoms with van der Waals surface area (Å²) in [7, 11) is 1.67. The third kappa shape index (κ3) is 4.28. The second-order valence-corrected chi connectivity index (χ2v) is 9.40. The molecule has 0 spiro atoms. The van der Waals surface area contributed by atoms with Gasteiger partial charge in [0.2, 0.25) is 10.0 Å². The van der Waals surface area contributed by atoms with Crippen LogP contribution < -0.4 is 9.46 Å². The molecule has 1 N–H and O–H groups in total. The van der Waals surface area contributed by atoms with Crippen LogP contribution >= 0.6 is 22.9 Å². The number of hydrogen-bond donors (Lipinski definition) is 1. The highest BCUT2D eigenvalue weighted by atomic mass is 35.5. The molecule has 1 heterocycles. The maximum Gasteiger partial charge on any atom is 0.240 e. The van der Waals surface area contributed by atoms with E-state index in [4.69, 9.17) is 16.3 Å². The second kappa shape index (κ2) is 8.16. The molecule has 0 aliphatic heterocycles. The maximum atomic E-state index is 12.7. The molecule has 0 amide bonds. The van der Waals surface area contributed by atoms with E-state index in [0.29, 0.717) is 5.75 Å². The molecule has 0 aliphatic carbocycles. The molecule has 0 saturated heterocycles. The Morgan fingerprint density at radius 3 is 2.63 bits per heavy atom. The minimum absolute atomic E-state index is 0.0929. The van der Waals surface area contributed by atoms with E-state index >= 15 is 0 Å². The van der Waals surface area contributed by atoms with Gasteiger partial charge >= 0.3 is 0 Å². The van der Waals surface area contributed by atoms with E-state index in [9.17, 15) is 8.42 Å². The Morgan fingerprint density at radius 1 is 1.22 bits per heavy atom. The van der Waals surface area contributed by atoms with E-state index in [-0.39, 0.29) is 22.5 Å². The van der Waals surface area contributed by atoms with Crippen LogP contribution in [0.15, 0.2) is 52.7 Å². The fraction of sp³-hybridized carbons (Fsp3) is 0.263. The van der Waals surface area contributed by atoms with Crippen LogP contribution in [0, 0.1) is 0 Å². The maximum absolute atomic E-state index is 12.7. The molecule has 0 saturated carbocycles. The summed E-state index contributed by atoms with van der Waals surface area (Å²) >= 11 is 7.73. The number of halogens is 1. The number of nitrogens with zero attached hydrogens (tertiary/aromatic N) is 1. The van der Waals surface area contributed by atoms with Gasteiger partial charge in [-0.1, -0.05) is 29.8 Å². The van der Waals surface area contributed by atoms with Gasteiger partial charge < -0.3 is 9.64 Å². The SMILES string of the molecule is COc1ccc(S(=O)(=O)NC[C@@H](c2csc3ccccc23)N(C)C)cc1Cl. The number of ether oxygens (including phenoxy) is 1. The van der Waals surface area contributed by atoms with Gasteiger partial charge in [-0.15, -0.1) is 11.3 Å². The van der Waals surface area contributed by atoms with Gasteiger partial charge in [0.15, 0.2) is 0 Å². The summed E-state index contributed by atoms with van der Waals surface area (Å²) in [6.07, 6.45) is 0. The quantitative estimate of drug-likeness (QED) is 0.619. The first-order chi connectivity index (χ1) is 12.8. The Hall–Kier alpha value is -1.64. The first-order valence-corrected chi connectivity index (χ1v) is 11.0. The Kier molecular flexibility index (Phi) is 6.08. The number of rotatable bonds is 7. The van der Waals surface area contributed by atoms with Crippen molar-refractivity contribution in [1.29, 1.82) is 0 Å².